The average Bonchev–Trinajstić information content (AvgIpc) is 2.75. The van der Waals surface area contributed by atoms with Gasteiger partial charge in [-0.1, -0.05) is 12.1 Å². The molecule has 0 fully saturated rings. The normalized spacial score (nSPS) is 10.9. The lowest BCUT2D eigenvalue weighted by atomic mass is 10.1. The highest BCUT2D eigenvalue weighted by Crippen LogP contribution is 2.27. The molecule has 29 heavy (non-hydrogen) atoms. The highest BCUT2D eigenvalue weighted by atomic mass is 16.6. The molecular formula is C20H15N5O4. The predicted octanol–water partition coefficient (Wildman–Crippen LogP) is 2.29. The summed E-state index contributed by atoms with van der Waals surface area (Å²) in [6, 6.07) is 12.6. The fourth-order valence-corrected chi connectivity index (χ4v) is 3.12. The van der Waals surface area contributed by atoms with Crippen molar-refractivity contribution in [2.45, 2.75) is 6.42 Å². The van der Waals surface area contributed by atoms with E-state index in [0.29, 0.717) is 33.5 Å². The molecule has 144 valence electrons. The van der Waals surface area contributed by atoms with E-state index in [1.807, 2.05) is 0 Å². The molecule has 4 aromatic rings. The second-order valence-electron chi connectivity index (χ2n) is 6.22. The van der Waals surface area contributed by atoms with Crippen LogP contribution in [0.1, 0.15) is 5.69 Å². The summed E-state index contributed by atoms with van der Waals surface area (Å²) in [4.78, 5) is 32.3. The summed E-state index contributed by atoms with van der Waals surface area (Å²) < 4.78 is 1.20. The number of nitro groups is 1. The number of aliphatic hydroxyl groups is 1. The molecule has 9 heteroatoms. The Bertz CT molecular complexity index is 1290. The van der Waals surface area contributed by atoms with Crippen LogP contribution in [0.5, 0.6) is 0 Å². The molecule has 0 amide bonds. The van der Waals surface area contributed by atoms with Gasteiger partial charge in [0.15, 0.2) is 0 Å². The summed E-state index contributed by atoms with van der Waals surface area (Å²) in [5.41, 5.74) is 1.61. The molecule has 3 heterocycles. The standard InChI is InChI=1S/C20H15N5O4/c26-11-8-16-17(7-3-9-21-16)24-20(27)15-6-2-10-22-19(15)18(23-24)13-4-1-5-14(12-13)25(28)29/h1-7,9-10,12,26H,8,11H2. The Kier molecular flexibility index (Phi) is 4.80. The van der Waals surface area contributed by atoms with Crippen LogP contribution in [-0.2, 0) is 6.42 Å². The van der Waals surface area contributed by atoms with Crippen molar-refractivity contribution in [2.24, 2.45) is 0 Å². The maximum Gasteiger partial charge on any atom is 0.281 e. The average molecular weight is 389 g/mol. The number of fused-ring (bicyclic) bond motifs is 1. The molecule has 0 unspecified atom stereocenters. The Morgan fingerprint density at radius 2 is 1.86 bits per heavy atom. The van der Waals surface area contributed by atoms with Gasteiger partial charge in [-0.05, 0) is 24.3 Å². The first-order chi connectivity index (χ1) is 14.1. The van der Waals surface area contributed by atoms with E-state index >= 15 is 0 Å². The smallest absolute Gasteiger partial charge is 0.281 e. The van der Waals surface area contributed by atoms with E-state index in [9.17, 15) is 20.0 Å². The second-order valence-corrected chi connectivity index (χ2v) is 6.22. The number of nitro benzene ring substituents is 1. The van der Waals surface area contributed by atoms with Gasteiger partial charge in [-0.2, -0.15) is 9.78 Å². The molecule has 1 aromatic carbocycles. The third-order valence-electron chi connectivity index (χ3n) is 4.43. The van der Waals surface area contributed by atoms with Crippen LogP contribution in [0.3, 0.4) is 0 Å². The summed E-state index contributed by atoms with van der Waals surface area (Å²) in [5, 5.41) is 25.3. The minimum Gasteiger partial charge on any atom is -0.396 e. The number of nitrogens with zero attached hydrogens (tertiary/aromatic N) is 5. The van der Waals surface area contributed by atoms with Crippen molar-refractivity contribution in [1.82, 2.24) is 19.7 Å². The van der Waals surface area contributed by atoms with Crippen LogP contribution < -0.4 is 5.56 Å². The predicted molar refractivity (Wildman–Crippen MR) is 106 cm³/mol. The molecule has 1 N–H and O–H groups in total. The number of benzene rings is 1. The van der Waals surface area contributed by atoms with Gasteiger partial charge in [-0.25, -0.2) is 0 Å². The highest BCUT2D eigenvalue weighted by Gasteiger charge is 2.18. The fraction of sp³-hybridized carbons (Fsp3) is 0.100. The van der Waals surface area contributed by atoms with Crippen molar-refractivity contribution in [3.05, 3.63) is 87.1 Å². The maximum atomic E-state index is 13.1. The largest absolute Gasteiger partial charge is 0.396 e. The Morgan fingerprint density at radius 1 is 1.07 bits per heavy atom. The zero-order valence-electron chi connectivity index (χ0n) is 15.1. The van der Waals surface area contributed by atoms with E-state index in [2.05, 4.69) is 15.1 Å². The van der Waals surface area contributed by atoms with Gasteiger partial charge in [-0.15, -0.1) is 0 Å². The Balaban J connectivity index is 2.05. The molecule has 9 nitrogen and oxygen atoms in total. The van der Waals surface area contributed by atoms with Crippen LogP contribution in [0.4, 0.5) is 5.69 Å². The van der Waals surface area contributed by atoms with E-state index in [0.717, 1.165) is 0 Å². The number of aromatic nitrogens is 4. The molecule has 0 radical (unpaired) electrons. The molecular weight excluding hydrogens is 374 g/mol. The summed E-state index contributed by atoms with van der Waals surface area (Å²) in [7, 11) is 0. The Labute approximate surface area is 164 Å². The monoisotopic (exact) mass is 389 g/mol. The quantitative estimate of drug-likeness (QED) is 0.410. The lowest BCUT2D eigenvalue weighted by Crippen LogP contribution is -2.24. The van der Waals surface area contributed by atoms with E-state index in [-0.39, 0.29) is 18.7 Å². The van der Waals surface area contributed by atoms with Crippen LogP contribution >= 0.6 is 0 Å². The van der Waals surface area contributed by atoms with Gasteiger partial charge < -0.3 is 5.11 Å². The molecule has 0 aliphatic carbocycles. The Morgan fingerprint density at radius 3 is 2.66 bits per heavy atom. The van der Waals surface area contributed by atoms with Crippen molar-refractivity contribution in [1.29, 1.82) is 0 Å². The summed E-state index contributed by atoms with van der Waals surface area (Å²) in [6.45, 7) is -0.133. The minimum atomic E-state index is -0.490. The van der Waals surface area contributed by atoms with Gasteiger partial charge in [0.1, 0.15) is 11.2 Å². The number of non-ortho nitro benzene ring substituents is 1. The number of aliphatic hydroxyl groups excluding tert-OH is 1. The fourth-order valence-electron chi connectivity index (χ4n) is 3.12. The molecule has 0 aliphatic heterocycles. The lowest BCUT2D eigenvalue weighted by molar-refractivity contribution is -0.384. The molecule has 0 spiro atoms. The molecule has 0 saturated heterocycles. The number of rotatable bonds is 5. The van der Waals surface area contributed by atoms with Crippen LogP contribution in [-0.4, -0.2) is 36.4 Å². The molecule has 0 bridgehead atoms. The minimum absolute atomic E-state index is 0.0894. The van der Waals surface area contributed by atoms with Gasteiger partial charge in [-0.3, -0.25) is 24.9 Å². The Hall–Kier alpha value is -3.98. The van der Waals surface area contributed by atoms with E-state index < -0.39 is 10.5 Å². The third kappa shape index (κ3) is 3.34. The summed E-state index contributed by atoms with van der Waals surface area (Å²) in [5.74, 6) is 0. The first kappa shape index (κ1) is 18.4. The first-order valence-corrected chi connectivity index (χ1v) is 8.78. The number of hydrogen-bond donors (Lipinski definition) is 1. The van der Waals surface area contributed by atoms with E-state index in [1.54, 1.807) is 42.6 Å². The highest BCUT2D eigenvalue weighted by molar-refractivity contribution is 5.90. The third-order valence-corrected chi connectivity index (χ3v) is 4.43. The van der Waals surface area contributed by atoms with Crippen molar-refractivity contribution >= 4 is 16.6 Å². The van der Waals surface area contributed by atoms with Crippen LogP contribution in [0.15, 0.2) is 65.7 Å². The second kappa shape index (κ2) is 7.56. The van der Waals surface area contributed by atoms with Gasteiger partial charge in [0.05, 0.1) is 21.7 Å². The molecule has 0 atom stereocenters. The summed E-state index contributed by atoms with van der Waals surface area (Å²) >= 11 is 0. The van der Waals surface area contributed by atoms with Gasteiger partial charge in [0.25, 0.3) is 11.2 Å². The topological polar surface area (TPSA) is 124 Å². The molecule has 0 aliphatic rings. The van der Waals surface area contributed by atoms with E-state index in [1.165, 1.54) is 23.0 Å². The molecule has 3 aromatic heterocycles. The summed E-state index contributed by atoms with van der Waals surface area (Å²) in [6.07, 6.45) is 3.36. The van der Waals surface area contributed by atoms with Crippen LogP contribution in [0.25, 0.3) is 27.8 Å². The lowest BCUT2D eigenvalue weighted by Gasteiger charge is -2.13. The van der Waals surface area contributed by atoms with Crippen molar-refractivity contribution in [3.8, 4) is 16.9 Å². The maximum absolute atomic E-state index is 13.1. The van der Waals surface area contributed by atoms with E-state index in [4.69, 9.17) is 0 Å². The van der Waals surface area contributed by atoms with Crippen LogP contribution in [0.2, 0.25) is 0 Å². The van der Waals surface area contributed by atoms with Gasteiger partial charge >= 0.3 is 0 Å². The number of pyridine rings is 2. The SMILES string of the molecule is O=c1c2cccnc2c(-c2cccc([N+](=O)[O-])c2)nn1-c1cccnc1CCO. The zero-order valence-corrected chi connectivity index (χ0v) is 15.1. The van der Waals surface area contributed by atoms with Crippen LogP contribution in [0, 0.1) is 10.1 Å². The zero-order chi connectivity index (χ0) is 20.4. The van der Waals surface area contributed by atoms with Crippen molar-refractivity contribution < 1.29 is 10.0 Å². The molecule has 0 saturated carbocycles. The van der Waals surface area contributed by atoms with Crippen molar-refractivity contribution in [2.75, 3.05) is 6.61 Å². The first-order valence-electron chi connectivity index (χ1n) is 8.78. The number of hydrogen-bond acceptors (Lipinski definition) is 7. The molecule has 4 rings (SSSR count). The van der Waals surface area contributed by atoms with Crippen molar-refractivity contribution in [3.63, 3.8) is 0 Å². The van der Waals surface area contributed by atoms with Gasteiger partial charge in [0, 0.05) is 43.1 Å². The van der Waals surface area contributed by atoms with Gasteiger partial charge in [0.2, 0.25) is 0 Å².